The highest BCUT2D eigenvalue weighted by molar-refractivity contribution is 9.09. The summed E-state index contributed by atoms with van der Waals surface area (Å²) in [5.74, 6) is -1.11. The van der Waals surface area contributed by atoms with Crippen LogP contribution in [0.5, 0.6) is 5.75 Å². The molecular formula is C19H20BrF3N2O3. The van der Waals surface area contributed by atoms with Crippen molar-refractivity contribution in [3.63, 3.8) is 0 Å². The summed E-state index contributed by atoms with van der Waals surface area (Å²) in [4.78, 5) is 12.8. The third-order valence-electron chi connectivity index (χ3n) is 4.74. The molecule has 0 saturated heterocycles. The van der Waals surface area contributed by atoms with Crippen LogP contribution < -0.4 is 4.74 Å². The van der Waals surface area contributed by atoms with Crippen LogP contribution in [0.4, 0.5) is 13.2 Å². The molecule has 5 nitrogen and oxygen atoms in total. The number of hydrogen-bond donors (Lipinski definition) is 0. The van der Waals surface area contributed by atoms with Crippen LogP contribution in [0.15, 0.2) is 27.7 Å². The van der Waals surface area contributed by atoms with Crippen molar-refractivity contribution in [3.05, 3.63) is 29.5 Å². The van der Waals surface area contributed by atoms with Crippen LogP contribution in [0, 0.1) is 5.41 Å². The van der Waals surface area contributed by atoms with Crippen LogP contribution >= 0.6 is 15.9 Å². The van der Waals surface area contributed by atoms with E-state index in [1.807, 2.05) is 0 Å². The van der Waals surface area contributed by atoms with Crippen molar-refractivity contribution in [3.8, 4) is 5.75 Å². The largest absolute Gasteiger partial charge is 0.493 e. The van der Waals surface area contributed by atoms with Crippen molar-refractivity contribution in [2.75, 3.05) is 19.0 Å². The predicted molar refractivity (Wildman–Crippen MR) is 103 cm³/mol. The van der Waals surface area contributed by atoms with Gasteiger partial charge in [-0.2, -0.15) is 18.3 Å². The van der Waals surface area contributed by atoms with Gasteiger partial charge in [-0.3, -0.25) is 4.79 Å². The zero-order valence-electron chi connectivity index (χ0n) is 15.7. The molecule has 0 radical (unpaired) electrons. The number of furan rings is 1. The average Bonchev–Trinajstić information content (AvgIpc) is 3.17. The van der Waals surface area contributed by atoms with Crippen LogP contribution in [-0.2, 0) is 11.0 Å². The molecule has 0 unspecified atom stereocenters. The van der Waals surface area contributed by atoms with Crippen LogP contribution in [0.1, 0.15) is 38.0 Å². The molecule has 0 atom stereocenters. The average molecular weight is 461 g/mol. The highest BCUT2D eigenvalue weighted by atomic mass is 79.9. The van der Waals surface area contributed by atoms with Crippen molar-refractivity contribution in [2.24, 2.45) is 10.5 Å². The van der Waals surface area contributed by atoms with Crippen molar-refractivity contribution in [1.29, 1.82) is 0 Å². The van der Waals surface area contributed by atoms with E-state index in [1.165, 1.54) is 18.2 Å². The van der Waals surface area contributed by atoms with Gasteiger partial charge in [0.1, 0.15) is 0 Å². The molecule has 152 valence electrons. The number of hydrazone groups is 1. The summed E-state index contributed by atoms with van der Waals surface area (Å²) in [7, 11) is 1.36. The third kappa shape index (κ3) is 3.52. The summed E-state index contributed by atoms with van der Waals surface area (Å²) in [5, 5.41) is 6.90. The molecule has 1 aliphatic heterocycles. The number of ether oxygens (including phenoxy) is 1. The van der Waals surface area contributed by atoms with E-state index in [1.54, 1.807) is 19.9 Å². The normalized spacial score (nSPS) is 16.8. The third-order valence-corrected chi connectivity index (χ3v) is 5.30. The van der Waals surface area contributed by atoms with Crippen LogP contribution in [0.3, 0.4) is 0 Å². The Morgan fingerprint density at radius 1 is 1.29 bits per heavy atom. The highest BCUT2D eigenvalue weighted by Gasteiger charge is 2.45. The standard InChI is InChI=1S/C19H20BrF3N2O3/c1-18(2)16(24-25(17(18)26)9-5-4-8-20)11-6-7-13(27-3)15-12(11)10-14(28-15)19(21,22)23/h6-7,10H,4-5,8-9H2,1-3H3. The number of fused-ring (bicyclic) bond motifs is 1. The van der Waals surface area contributed by atoms with E-state index >= 15 is 0 Å². The maximum absolute atomic E-state index is 13.2. The van der Waals surface area contributed by atoms with Gasteiger partial charge in [-0.25, -0.2) is 5.01 Å². The van der Waals surface area contributed by atoms with Crippen molar-refractivity contribution in [1.82, 2.24) is 5.01 Å². The summed E-state index contributed by atoms with van der Waals surface area (Å²) in [5.41, 5.74) is -0.142. The molecule has 0 aliphatic carbocycles. The molecule has 0 N–H and O–H groups in total. The lowest BCUT2D eigenvalue weighted by atomic mass is 9.82. The van der Waals surface area contributed by atoms with Crippen molar-refractivity contribution < 1.29 is 27.1 Å². The Kier molecular flexibility index (Phi) is 5.49. The lowest BCUT2D eigenvalue weighted by Gasteiger charge is -2.20. The maximum Gasteiger partial charge on any atom is 0.449 e. The molecule has 0 saturated carbocycles. The first-order chi connectivity index (χ1) is 13.1. The molecule has 0 fully saturated rings. The summed E-state index contributed by atoms with van der Waals surface area (Å²) in [6, 6.07) is 4.08. The second-order valence-corrected chi connectivity index (χ2v) is 7.86. The molecule has 2 heterocycles. The van der Waals surface area contributed by atoms with E-state index in [9.17, 15) is 18.0 Å². The molecule has 1 amide bonds. The Hall–Kier alpha value is -2.03. The van der Waals surface area contributed by atoms with Gasteiger partial charge in [0.25, 0.3) is 5.91 Å². The molecule has 0 spiro atoms. The number of carbonyl (C=O) groups excluding carboxylic acids is 1. The Morgan fingerprint density at radius 3 is 2.61 bits per heavy atom. The van der Waals surface area contributed by atoms with Gasteiger partial charge < -0.3 is 9.15 Å². The fourth-order valence-corrected chi connectivity index (χ4v) is 3.62. The number of carbonyl (C=O) groups is 1. The fraction of sp³-hybridized carbons (Fsp3) is 0.474. The van der Waals surface area contributed by atoms with E-state index in [2.05, 4.69) is 21.0 Å². The van der Waals surface area contributed by atoms with Gasteiger partial charge in [0.15, 0.2) is 11.3 Å². The first-order valence-electron chi connectivity index (χ1n) is 8.76. The monoisotopic (exact) mass is 460 g/mol. The first-order valence-corrected chi connectivity index (χ1v) is 9.88. The predicted octanol–water partition coefficient (Wildman–Crippen LogP) is 5.21. The summed E-state index contributed by atoms with van der Waals surface area (Å²) >= 11 is 3.35. The number of benzene rings is 1. The molecule has 3 rings (SSSR count). The number of unbranched alkanes of at least 4 members (excludes halogenated alkanes) is 1. The van der Waals surface area contributed by atoms with Gasteiger partial charge in [0.2, 0.25) is 5.76 Å². The molecule has 2 aromatic rings. The SMILES string of the molecule is COc1ccc(C2=NN(CCCCBr)C(=O)C2(C)C)c2cc(C(F)(F)F)oc12. The molecule has 1 aromatic carbocycles. The van der Waals surface area contributed by atoms with Gasteiger partial charge in [-0.15, -0.1) is 0 Å². The highest BCUT2D eigenvalue weighted by Crippen LogP contribution is 2.41. The molecular weight excluding hydrogens is 441 g/mol. The quantitative estimate of drug-likeness (QED) is 0.439. The molecule has 1 aromatic heterocycles. The summed E-state index contributed by atoms with van der Waals surface area (Å²) in [6.45, 7) is 3.90. The second-order valence-electron chi connectivity index (χ2n) is 7.06. The number of hydrogen-bond acceptors (Lipinski definition) is 4. The van der Waals surface area contributed by atoms with Crippen molar-refractivity contribution in [2.45, 2.75) is 32.9 Å². The van der Waals surface area contributed by atoms with Gasteiger partial charge in [-0.1, -0.05) is 15.9 Å². The minimum Gasteiger partial charge on any atom is -0.493 e. The van der Waals surface area contributed by atoms with E-state index in [-0.39, 0.29) is 22.6 Å². The Balaban J connectivity index is 2.12. The van der Waals surface area contributed by atoms with E-state index in [0.717, 1.165) is 24.2 Å². The molecule has 1 aliphatic rings. The van der Waals surface area contributed by atoms with Gasteiger partial charge in [0, 0.05) is 22.8 Å². The smallest absolute Gasteiger partial charge is 0.449 e. The minimum atomic E-state index is -4.63. The first kappa shape index (κ1) is 20.7. The number of alkyl halides is 4. The van der Waals surface area contributed by atoms with Gasteiger partial charge >= 0.3 is 6.18 Å². The number of methoxy groups -OCH3 is 1. The Morgan fingerprint density at radius 2 is 2.00 bits per heavy atom. The van der Waals surface area contributed by atoms with Crippen LogP contribution in [0.2, 0.25) is 0 Å². The molecule has 28 heavy (non-hydrogen) atoms. The van der Waals surface area contributed by atoms with E-state index in [0.29, 0.717) is 17.8 Å². The molecule has 0 bridgehead atoms. The number of rotatable bonds is 6. The second kappa shape index (κ2) is 7.42. The lowest BCUT2D eigenvalue weighted by Crippen LogP contribution is -2.35. The lowest BCUT2D eigenvalue weighted by molar-refractivity contribution is -0.152. The number of amides is 1. The number of nitrogens with zero attached hydrogens (tertiary/aromatic N) is 2. The zero-order valence-corrected chi connectivity index (χ0v) is 17.3. The fourth-order valence-electron chi connectivity index (χ4n) is 3.22. The molecule has 9 heteroatoms. The topological polar surface area (TPSA) is 55.0 Å². The van der Waals surface area contributed by atoms with E-state index in [4.69, 9.17) is 9.15 Å². The number of halogens is 4. The summed E-state index contributed by atoms with van der Waals surface area (Å²) in [6.07, 6.45) is -2.98. The van der Waals surface area contributed by atoms with Gasteiger partial charge in [-0.05, 0) is 44.9 Å². The zero-order chi connectivity index (χ0) is 20.7. The van der Waals surface area contributed by atoms with Crippen LogP contribution in [-0.4, -0.2) is 35.6 Å². The van der Waals surface area contributed by atoms with Crippen molar-refractivity contribution >= 4 is 38.5 Å². The minimum absolute atomic E-state index is 0.0176. The summed E-state index contributed by atoms with van der Waals surface area (Å²) < 4.78 is 49.8. The Bertz CT molecular complexity index is 934. The van der Waals surface area contributed by atoms with Gasteiger partial charge in [0.05, 0.1) is 18.2 Å². The van der Waals surface area contributed by atoms with E-state index < -0.39 is 17.4 Å². The maximum atomic E-state index is 13.2. The van der Waals surface area contributed by atoms with Crippen LogP contribution in [0.25, 0.3) is 11.0 Å². The Labute approximate surface area is 168 Å².